The zero-order valence-electron chi connectivity index (χ0n) is 18.1. The molecule has 1 saturated carbocycles. The molecule has 1 heterocycles. The predicted octanol–water partition coefficient (Wildman–Crippen LogP) is 3.78. The summed E-state index contributed by atoms with van der Waals surface area (Å²) in [6, 6.07) is 13.4. The highest BCUT2D eigenvalue weighted by atomic mass is 32.1. The third-order valence-corrected chi connectivity index (χ3v) is 6.09. The van der Waals surface area contributed by atoms with Crippen molar-refractivity contribution in [2.75, 3.05) is 45.2 Å². The zero-order valence-corrected chi connectivity index (χ0v) is 18.9. The van der Waals surface area contributed by atoms with E-state index in [9.17, 15) is 9.18 Å². The summed E-state index contributed by atoms with van der Waals surface area (Å²) in [6.45, 7) is 3.01. The Kier molecular flexibility index (Phi) is 7.22. The van der Waals surface area contributed by atoms with Gasteiger partial charge in [0.25, 0.3) is 5.91 Å². The number of rotatable bonds is 7. The minimum absolute atomic E-state index is 0.0106. The van der Waals surface area contributed by atoms with Gasteiger partial charge in [0.15, 0.2) is 5.11 Å². The number of benzene rings is 2. The van der Waals surface area contributed by atoms with E-state index >= 15 is 0 Å². The van der Waals surface area contributed by atoms with Gasteiger partial charge in [-0.2, -0.15) is 0 Å². The number of carbonyl (C=O) groups excluding carboxylic acids is 1. The number of ether oxygens (including phenoxy) is 2. The molecule has 6 nitrogen and oxygen atoms in total. The number of nitrogens with one attached hydrogen (secondary N) is 1. The largest absolute Gasteiger partial charge is 0.497 e. The van der Waals surface area contributed by atoms with E-state index in [1.165, 1.54) is 12.1 Å². The van der Waals surface area contributed by atoms with Crippen LogP contribution < -0.4 is 10.1 Å². The third-order valence-electron chi connectivity index (χ3n) is 5.72. The van der Waals surface area contributed by atoms with Crippen LogP contribution in [0.15, 0.2) is 48.5 Å². The van der Waals surface area contributed by atoms with Gasteiger partial charge in [0.2, 0.25) is 0 Å². The van der Waals surface area contributed by atoms with Gasteiger partial charge in [-0.05, 0) is 73.4 Å². The average molecular weight is 458 g/mol. The molecule has 1 aliphatic heterocycles. The molecule has 2 aliphatic rings. The second-order valence-electron chi connectivity index (χ2n) is 8.26. The molecule has 2 aromatic carbocycles. The molecule has 2 fully saturated rings. The Morgan fingerprint density at radius 1 is 1.25 bits per heavy atom. The lowest BCUT2D eigenvalue weighted by atomic mass is 10.1. The molecular weight excluding hydrogens is 429 g/mol. The van der Waals surface area contributed by atoms with Gasteiger partial charge in [-0.15, -0.1) is 0 Å². The molecule has 32 heavy (non-hydrogen) atoms. The number of halogens is 1. The first-order chi connectivity index (χ1) is 15.5. The highest BCUT2D eigenvalue weighted by Crippen LogP contribution is 2.30. The fourth-order valence-corrected chi connectivity index (χ4v) is 4.07. The van der Waals surface area contributed by atoms with E-state index in [4.69, 9.17) is 21.7 Å². The Morgan fingerprint density at radius 3 is 2.75 bits per heavy atom. The fourth-order valence-electron chi connectivity index (χ4n) is 3.79. The Balaban J connectivity index is 1.39. The summed E-state index contributed by atoms with van der Waals surface area (Å²) in [5.41, 5.74) is 1.36. The molecule has 1 N–H and O–H groups in total. The van der Waals surface area contributed by atoms with Crippen molar-refractivity contribution in [3.63, 3.8) is 0 Å². The van der Waals surface area contributed by atoms with Crippen LogP contribution in [0.2, 0.25) is 0 Å². The van der Waals surface area contributed by atoms with Crippen molar-refractivity contribution in [3.8, 4) is 5.75 Å². The lowest BCUT2D eigenvalue weighted by molar-refractivity contribution is -0.0209. The van der Waals surface area contributed by atoms with E-state index in [0.717, 1.165) is 25.1 Å². The number of hydrogen-bond donors (Lipinski definition) is 1. The van der Waals surface area contributed by atoms with E-state index < -0.39 is 0 Å². The summed E-state index contributed by atoms with van der Waals surface area (Å²) >= 11 is 5.56. The molecule has 1 amide bonds. The SMILES string of the molecule is COc1cccc(C(=O)N(CC2CC2)C[C@@H]2CN(C(=S)Nc3ccc(F)cc3)CCO2)c1. The monoisotopic (exact) mass is 457 g/mol. The average Bonchev–Trinajstić information content (AvgIpc) is 3.64. The van der Waals surface area contributed by atoms with Crippen molar-refractivity contribution < 1.29 is 18.7 Å². The molecule has 0 spiro atoms. The van der Waals surface area contributed by atoms with Crippen LogP contribution in [0.25, 0.3) is 0 Å². The zero-order chi connectivity index (χ0) is 22.5. The summed E-state index contributed by atoms with van der Waals surface area (Å²) in [7, 11) is 1.60. The topological polar surface area (TPSA) is 54.0 Å². The maximum absolute atomic E-state index is 13.3. The van der Waals surface area contributed by atoms with Crippen LogP contribution >= 0.6 is 12.2 Å². The van der Waals surface area contributed by atoms with Gasteiger partial charge in [0.1, 0.15) is 11.6 Å². The van der Waals surface area contributed by atoms with E-state index in [1.54, 1.807) is 25.3 Å². The van der Waals surface area contributed by atoms with Gasteiger partial charge >= 0.3 is 0 Å². The van der Waals surface area contributed by atoms with Crippen LogP contribution in [0.5, 0.6) is 5.75 Å². The van der Waals surface area contributed by atoms with Gasteiger partial charge in [-0.1, -0.05) is 6.07 Å². The molecule has 0 aromatic heterocycles. The first-order valence-corrected chi connectivity index (χ1v) is 11.3. The summed E-state index contributed by atoms with van der Waals surface area (Å²) < 4.78 is 24.4. The quantitative estimate of drug-likeness (QED) is 0.639. The van der Waals surface area contributed by atoms with Crippen LogP contribution in [-0.2, 0) is 4.74 Å². The highest BCUT2D eigenvalue weighted by Gasteiger charge is 2.31. The summed E-state index contributed by atoms with van der Waals surface area (Å²) in [4.78, 5) is 17.2. The molecule has 4 rings (SSSR count). The van der Waals surface area contributed by atoms with Gasteiger partial charge < -0.3 is 24.6 Å². The number of hydrogen-bond acceptors (Lipinski definition) is 4. The van der Waals surface area contributed by atoms with E-state index in [2.05, 4.69) is 5.32 Å². The van der Waals surface area contributed by atoms with Crippen molar-refractivity contribution in [1.29, 1.82) is 0 Å². The summed E-state index contributed by atoms with van der Waals surface area (Å²) in [6.07, 6.45) is 2.17. The predicted molar refractivity (Wildman–Crippen MR) is 126 cm³/mol. The molecule has 0 unspecified atom stereocenters. The second-order valence-corrected chi connectivity index (χ2v) is 8.65. The van der Waals surface area contributed by atoms with Gasteiger partial charge in [-0.25, -0.2) is 4.39 Å². The lowest BCUT2D eigenvalue weighted by Crippen LogP contribution is -2.51. The molecule has 0 bridgehead atoms. The second kappa shape index (κ2) is 10.3. The number of thiocarbonyl (C=S) groups is 1. The number of morpholine rings is 1. The summed E-state index contributed by atoms with van der Waals surface area (Å²) in [5.74, 6) is 0.929. The molecular formula is C24H28FN3O3S. The Hall–Kier alpha value is -2.71. The van der Waals surface area contributed by atoms with Crippen molar-refractivity contribution in [2.45, 2.75) is 18.9 Å². The molecule has 1 atom stereocenters. The van der Waals surface area contributed by atoms with Crippen molar-refractivity contribution >= 4 is 28.9 Å². The number of carbonyl (C=O) groups is 1. The number of methoxy groups -OCH3 is 1. The Bertz CT molecular complexity index is 952. The molecule has 2 aromatic rings. The molecule has 1 saturated heterocycles. The van der Waals surface area contributed by atoms with E-state index in [0.29, 0.717) is 48.6 Å². The highest BCUT2D eigenvalue weighted by molar-refractivity contribution is 7.80. The van der Waals surface area contributed by atoms with Crippen LogP contribution in [-0.4, -0.2) is 66.8 Å². The maximum atomic E-state index is 13.3. The molecule has 1 aliphatic carbocycles. The van der Waals surface area contributed by atoms with E-state index in [1.807, 2.05) is 28.0 Å². The van der Waals surface area contributed by atoms with Gasteiger partial charge in [0, 0.05) is 37.4 Å². The molecule has 0 radical (unpaired) electrons. The normalized spacial score (nSPS) is 18.2. The number of nitrogens with zero attached hydrogens (tertiary/aromatic N) is 2. The Labute approximate surface area is 193 Å². The van der Waals surface area contributed by atoms with Crippen LogP contribution in [0, 0.1) is 11.7 Å². The molecule has 8 heteroatoms. The lowest BCUT2D eigenvalue weighted by Gasteiger charge is -2.37. The number of amides is 1. The Morgan fingerprint density at radius 2 is 2.03 bits per heavy atom. The van der Waals surface area contributed by atoms with Crippen molar-refractivity contribution in [3.05, 3.63) is 59.9 Å². The third kappa shape index (κ3) is 5.95. The maximum Gasteiger partial charge on any atom is 0.254 e. The first kappa shape index (κ1) is 22.5. The van der Waals surface area contributed by atoms with Gasteiger partial charge in [-0.3, -0.25) is 4.79 Å². The van der Waals surface area contributed by atoms with Crippen molar-refractivity contribution in [1.82, 2.24) is 9.80 Å². The van der Waals surface area contributed by atoms with Crippen LogP contribution in [0.3, 0.4) is 0 Å². The standard InChI is InChI=1S/C24H28FN3O3S/c1-30-21-4-2-3-18(13-21)23(29)28(14-17-5-6-17)16-22-15-27(11-12-31-22)24(32)26-20-9-7-19(25)8-10-20/h2-4,7-10,13,17,22H,5-6,11-12,14-16H2,1H3,(H,26,32)/t22-/m0/s1. The van der Waals surface area contributed by atoms with Crippen molar-refractivity contribution in [2.24, 2.45) is 5.92 Å². The summed E-state index contributed by atoms with van der Waals surface area (Å²) in [5, 5.41) is 3.72. The van der Waals surface area contributed by atoms with Gasteiger partial charge in [0.05, 0.1) is 19.8 Å². The van der Waals surface area contributed by atoms with Crippen LogP contribution in [0.1, 0.15) is 23.2 Å². The van der Waals surface area contributed by atoms with E-state index in [-0.39, 0.29) is 17.8 Å². The fraction of sp³-hybridized carbons (Fsp3) is 0.417. The molecule has 170 valence electrons. The van der Waals surface area contributed by atoms with Crippen LogP contribution in [0.4, 0.5) is 10.1 Å². The first-order valence-electron chi connectivity index (χ1n) is 10.9. The smallest absolute Gasteiger partial charge is 0.254 e. The minimum Gasteiger partial charge on any atom is -0.497 e. The number of anilines is 1. The minimum atomic E-state index is -0.288.